The van der Waals surface area contributed by atoms with E-state index in [-0.39, 0.29) is 41.5 Å². The van der Waals surface area contributed by atoms with Crippen LogP contribution in [0.4, 0.5) is 0 Å². The Balaban J connectivity index is 0.00000341. The van der Waals surface area contributed by atoms with Gasteiger partial charge in [-0.2, -0.15) is 0 Å². The number of nitrogens with one attached hydrogen (secondary N) is 2. The standard InChI is InChI=1S/C22H29N3O4S.HI/c1-3-23-22(25-19-11-12-30(26,27)16-19)24-14-18-9-10-20(21(13-18)28-2)29-15-17-7-5-4-6-8-17;/h4-10,13,19H,3,11-12,14-16H2,1-2H3,(H2,23,24,25);1H. The first-order valence-electron chi connectivity index (χ1n) is 10.1. The third kappa shape index (κ3) is 7.88. The van der Waals surface area contributed by atoms with Crippen LogP contribution in [0.3, 0.4) is 0 Å². The fourth-order valence-corrected chi connectivity index (χ4v) is 4.93. The first-order chi connectivity index (χ1) is 14.5. The number of methoxy groups -OCH3 is 1. The molecule has 7 nitrogen and oxygen atoms in total. The molecular formula is C22H30IN3O4S. The van der Waals surface area contributed by atoms with Crippen molar-refractivity contribution in [2.75, 3.05) is 25.2 Å². The summed E-state index contributed by atoms with van der Waals surface area (Å²) < 4.78 is 34.7. The average molecular weight is 559 g/mol. The van der Waals surface area contributed by atoms with Crippen molar-refractivity contribution >= 4 is 39.8 Å². The van der Waals surface area contributed by atoms with Crippen LogP contribution in [0.1, 0.15) is 24.5 Å². The minimum atomic E-state index is -2.94. The summed E-state index contributed by atoms with van der Waals surface area (Å²) in [5.74, 6) is 2.32. The quantitative estimate of drug-likeness (QED) is 0.294. The highest BCUT2D eigenvalue weighted by Crippen LogP contribution is 2.29. The van der Waals surface area contributed by atoms with Crippen LogP contribution < -0.4 is 20.1 Å². The summed E-state index contributed by atoms with van der Waals surface area (Å²) in [5.41, 5.74) is 2.05. The van der Waals surface area contributed by atoms with Gasteiger partial charge in [0.1, 0.15) is 6.61 Å². The van der Waals surface area contributed by atoms with E-state index >= 15 is 0 Å². The van der Waals surface area contributed by atoms with Gasteiger partial charge in [-0.1, -0.05) is 36.4 Å². The van der Waals surface area contributed by atoms with Crippen LogP contribution in [0.15, 0.2) is 53.5 Å². The van der Waals surface area contributed by atoms with E-state index in [0.717, 1.165) is 11.1 Å². The Labute approximate surface area is 201 Å². The van der Waals surface area contributed by atoms with Gasteiger partial charge in [-0.25, -0.2) is 13.4 Å². The molecule has 0 saturated carbocycles. The van der Waals surface area contributed by atoms with E-state index in [2.05, 4.69) is 15.6 Å². The molecule has 9 heteroatoms. The summed E-state index contributed by atoms with van der Waals surface area (Å²) in [7, 11) is -1.32. The molecule has 0 radical (unpaired) electrons. The fraction of sp³-hybridized carbons (Fsp3) is 0.409. The van der Waals surface area contributed by atoms with Gasteiger partial charge in [-0.15, -0.1) is 24.0 Å². The van der Waals surface area contributed by atoms with Crippen molar-refractivity contribution in [3.63, 3.8) is 0 Å². The molecule has 1 fully saturated rings. The second-order valence-electron chi connectivity index (χ2n) is 7.20. The van der Waals surface area contributed by atoms with Crippen molar-refractivity contribution < 1.29 is 17.9 Å². The average Bonchev–Trinajstić information content (AvgIpc) is 3.09. The SMILES string of the molecule is CCNC(=NCc1ccc(OCc2ccccc2)c(OC)c1)NC1CCS(=O)(=O)C1.I. The molecule has 0 bridgehead atoms. The zero-order valence-electron chi connectivity index (χ0n) is 17.8. The van der Waals surface area contributed by atoms with E-state index in [0.29, 0.717) is 43.6 Å². The summed E-state index contributed by atoms with van der Waals surface area (Å²) >= 11 is 0. The summed E-state index contributed by atoms with van der Waals surface area (Å²) in [6.45, 7) is 3.57. The molecule has 1 aliphatic heterocycles. The molecule has 1 heterocycles. The smallest absolute Gasteiger partial charge is 0.191 e. The summed E-state index contributed by atoms with van der Waals surface area (Å²) in [6.07, 6.45) is 0.605. The number of guanidine groups is 1. The van der Waals surface area contributed by atoms with E-state index < -0.39 is 9.84 Å². The van der Waals surface area contributed by atoms with Crippen molar-refractivity contribution in [3.05, 3.63) is 59.7 Å². The Morgan fingerprint density at radius 2 is 1.90 bits per heavy atom. The molecule has 31 heavy (non-hydrogen) atoms. The molecule has 3 rings (SSSR count). The summed E-state index contributed by atoms with van der Waals surface area (Å²) in [6, 6.07) is 15.6. The number of halogens is 1. The minimum absolute atomic E-state index is 0. The van der Waals surface area contributed by atoms with Gasteiger partial charge in [0, 0.05) is 12.6 Å². The van der Waals surface area contributed by atoms with Crippen LogP contribution in [0.2, 0.25) is 0 Å². The molecule has 2 N–H and O–H groups in total. The maximum absolute atomic E-state index is 11.7. The normalized spacial score (nSPS) is 17.5. The lowest BCUT2D eigenvalue weighted by molar-refractivity contribution is 0.284. The molecule has 1 unspecified atom stereocenters. The maximum Gasteiger partial charge on any atom is 0.191 e. The van der Waals surface area contributed by atoms with Gasteiger partial charge < -0.3 is 20.1 Å². The molecule has 2 aromatic carbocycles. The third-order valence-electron chi connectivity index (χ3n) is 4.80. The van der Waals surface area contributed by atoms with Crippen molar-refractivity contribution in [3.8, 4) is 11.5 Å². The predicted octanol–water partition coefficient (Wildman–Crippen LogP) is 3.13. The van der Waals surface area contributed by atoms with E-state index in [1.165, 1.54) is 0 Å². The lowest BCUT2D eigenvalue weighted by atomic mass is 10.2. The van der Waals surface area contributed by atoms with E-state index in [1.807, 2.05) is 55.5 Å². The Bertz CT molecular complexity index is 968. The first kappa shape index (κ1) is 25.3. The molecule has 0 aliphatic carbocycles. The zero-order valence-corrected chi connectivity index (χ0v) is 21.0. The number of benzene rings is 2. The largest absolute Gasteiger partial charge is 0.493 e. The van der Waals surface area contributed by atoms with Crippen LogP contribution in [0.5, 0.6) is 11.5 Å². The lowest BCUT2D eigenvalue weighted by Gasteiger charge is -2.16. The van der Waals surface area contributed by atoms with E-state index in [1.54, 1.807) is 7.11 Å². The van der Waals surface area contributed by atoms with Crippen molar-refractivity contribution in [2.45, 2.75) is 32.5 Å². The Kier molecular flexibility index (Phi) is 9.89. The zero-order chi connectivity index (χ0) is 21.4. The highest BCUT2D eigenvalue weighted by molar-refractivity contribution is 14.0. The van der Waals surface area contributed by atoms with Gasteiger partial charge in [-0.05, 0) is 36.6 Å². The number of rotatable bonds is 8. The van der Waals surface area contributed by atoms with Crippen molar-refractivity contribution in [1.82, 2.24) is 10.6 Å². The van der Waals surface area contributed by atoms with Gasteiger partial charge in [-0.3, -0.25) is 0 Å². The highest BCUT2D eigenvalue weighted by atomic mass is 127. The molecule has 0 aromatic heterocycles. The van der Waals surface area contributed by atoms with Crippen LogP contribution in [0.25, 0.3) is 0 Å². The molecule has 0 amide bonds. The van der Waals surface area contributed by atoms with Crippen LogP contribution in [0, 0.1) is 0 Å². The molecule has 1 atom stereocenters. The van der Waals surface area contributed by atoms with Gasteiger partial charge >= 0.3 is 0 Å². The number of hydrogen-bond acceptors (Lipinski definition) is 5. The second kappa shape index (κ2) is 12.1. The molecular weight excluding hydrogens is 529 g/mol. The highest BCUT2D eigenvalue weighted by Gasteiger charge is 2.28. The number of hydrogen-bond donors (Lipinski definition) is 2. The topological polar surface area (TPSA) is 89.0 Å². The Morgan fingerprint density at radius 1 is 1.13 bits per heavy atom. The fourth-order valence-electron chi connectivity index (χ4n) is 3.26. The van der Waals surface area contributed by atoms with Crippen LogP contribution in [-0.2, 0) is 23.0 Å². The maximum atomic E-state index is 11.7. The first-order valence-corrected chi connectivity index (χ1v) is 11.9. The van der Waals surface area contributed by atoms with Crippen LogP contribution >= 0.6 is 24.0 Å². The number of nitrogens with zero attached hydrogens (tertiary/aromatic N) is 1. The van der Waals surface area contributed by atoms with Crippen molar-refractivity contribution in [2.24, 2.45) is 4.99 Å². The van der Waals surface area contributed by atoms with Crippen LogP contribution in [-0.4, -0.2) is 45.6 Å². The minimum Gasteiger partial charge on any atom is -0.493 e. The van der Waals surface area contributed by atoms with Gasteiger partial charge in [0.25, 0.3) is 0 Å². The monoisotopic (exact) mass is 559 g/mol. The third-order valence-corrected chi connectivity index (χ3v) is 6.57. The van der Waals surface area contributed by atoms with E-state index in [4.69, 9.17) is 9.47 Å². The number of aliphatic imine (C=N–C) groups is 1. The summed E-state index contributed by atoms with van der Waals surface area (Å²) in [5, 5.41) is 6.40. The van der Waals surface area contributed by atoms with E-state index in [9.17, 15) is 8.42 Å². The van der Waals surface area contributed by atoms with Gasteiger partial charge in [0.15, 0.2) is 27.3 Å². The Hall–Kier alpha value is -2.01. The van der Waals surface area contributed by atoms with Gasteiger partial charge in [0.2, 0.25) is 0 Å². The number of ether oxygens (including phenoxy) is 2. The second-order valence-corrected chi connectivity index (χ2v) is 9.43. The van der Waals surface area contributed by atoms with Gasteiger partial charge in [0.05, 0.1) is 25.2 Å². The predicted molar refractivity (Wildman–Crippen MR) is 134 cm³/mol. The molecule has 1 aliphatic rings. The van der Waals surface area contributed by atoms with Crippen molar-refractivity contribution in [1.29, 1.82) is 0 Å². The molecule has 2 aromatic rings. The summed E-state index contributed by atoms with van der Waals surface area (Å²) in [4.78, 5) is 4.60. The lowest BCUT2D eigenvalue weighted by Crippen LogP contribution is -2.44. The molecule has 170 valence electrons. The Morgan fingerprint density at radius 3 is 2.55 bits per heavy atom. The molecule has 0 spiro atoms. The number of sulfone groups is 1. The molecule has 1 saturated heterocycles.